The van der Waals surface area contributed by atoms with Gasteiger partial charge in [0.05, 0.1) is 0 Å². The Bertz CT molecular complexity index is 442. The van der Waals surface area contributed by atoms with Crippen molar-refractivity contribution < 1.29 is 9.90 Å². The lowest BCUT2D eigenvalue weighted by atomic mass is 10.2. The second kappa shape index (κ2) is 6.75. The molecule has 0 amide bonds. The fourth-order valence-corrected chi connectivity index (χ4v) is 2.90. The van der Waals surface area contributed by atoms with Gasteiger partial charge in [0.2, 0.25) is 0 Å². The number of carboxylic acid groups (broad SMARTS) is 1. The van der Waals surface area contributed by atoms with Gasteiger partial charge in [-0.2, -0.15) is 0 Å². The molecular formula is C12H14BrCl2NO2. The van der Waals surface area contributed by atoms with E-state index in [1.54, 1.807) is 0 Å². The van der Waals surface area contributed by atoms with Gasteiger partial charge in [-0.1, -0.05) is 33.6 Å². The van der Waals surface area contributed by atoms with E-state index in [0.717, 1.165) is 29.4 Å². The number of nitrogens with zero attached hydrogens (tertiary/aromatic N) is 1. The normalized spacial score (nSPS) is 19.6. The van der Waals surface area contributed by atoms with Crippen molar-refractivity contribution in [3.05, 3.63) is 33.3 Å². The molecule has 1 saturated heterocycles. The fourth-order valence-electron chi connectivity index (χ4n) is 2.16. The lowest BCUT2D eigenvalue weighted by molar-refractivity contribution is -0.142. The molecule has 18 heavy (non-hydrogen) atoms. The molecule has 1 aromatic rings. The summed E-state index contributed by atoms with van der Waals surface area (Å²) in [5.74, 6) is -0.740. The molecule has 100 valence electrons. The van der Waals surface area contributed by atoms with Crippen LogP contribution in [-0.4, -0.2) is 28.6 Å². The first-order valence-corrected chi connectivity index (χ1v) is 6.66. The highest BCUT2D eigenvalue weighted by Gasteiger charge is 2.30. The second-order valence-electron chi connectivity index (χ2n) is 4.20. The van der Waals surface area contributed by atoms with Crippen molar-refractivity contribution in [3.8, 4) is 0 Å². The van der Waals surface area contributed by atoms with Gasteiger partial charge < -0.3 is 5.11 Å². The van der Waals surface area contributed by atoms with Gasteiger partial charge in [0, 0.05) is 16.0 Å². The predicted octanol–water partition coefficient (Wildman–Crippen LogP) is 3.57. The summed E-state index contributed by atoms with van der Waals surface area (Å²) in [4.78, 5) is 13.0. The number of carbonyl (C=O) groups is 1. The summed E-state index contributed by atoms with van der Waals surface area (Å²) in [7, 11) is 0. The summed E-state index contributed by atoms with van der Waals surface area (Å²) in [6, 6.07) is 5.33. The van der Waals surface area contributed by atoms with Crippen molar-refractivity contribution in [1.29, 1.82) is 0 Å². The first kappa shape index (κ1) is 15.8. The van der Waals surface area contributed by atoms with Gasteiger partial charge >= 0.3 is 5.97 Å². The van der Waals surface area contributed by atoms with Crippen molar-refractivity contribution in [1.82, 2.24) is 4.90 Å². The standard InChI is InChI=1S/C12H13BrClNO2.ClH/c13-9-4-3-8(10(14)6-9)7-15-5-1-2-11(15)12(16)17;/h3-4,6,11H,1-2,5,7H2,(H,16,17);1H/t11-;/m1./s1. The smallest absolute Gasteiger partial charge is 0.320 e. The number of benzene rings is 1. The van der Waals surface area contributed by atoms with Crippen LogP contribution in [0.1, 0.15) is 18.4 Å². The molecule has 0 radical (unpaired) electrons. The van der Waals surface area contributed by atoms with Gasteiger partial charge in [-0.05, 0) is 37.1 Å². The quantitative estimate of drug-likeness (QED) is 0.901. The minimum atomic E-state index is -0.740. The fraction of sp³-hybridized carbons (Fsp3) is 0.417. The summed E-state index contributed by atoms with van der Waals surface area (Å²) in [5.41, 5.74) is 0.975. The lowest BCUT2D eigenvalue weighted by Crippen LogP contribution is -2.35. The average Bonchev–Trinajstić information content (AvgIpc) is 2.70. The monoisotopic (exact) mass is 353 g/mol. The summed E-state index contributed by atoms with van der Waals surface area (Å²) in [6.45, 7) is 1.42. The van der Waals surface area contributed by atoms with Gasteiger partial charge in [0.1, 0.15) is 6.04 Å². The molecule has 1 N–H and O–H groups in total. The highest BCUT2D eigenvalue weighted by atomic mass is 79.9. The SMILES string of the molecule is Cl.O=C(O)[C@H]1CCCN1Cc1ccc(Br)cc1Cl. The Hall–Kier alpha value is -0.290. The van der Waals surface area contributed by atoms with E-state index in [4.69, 9.17) is 16.7 Å². The predicted molar refractivity (Wildman–Crippen MR) is 77.5 cm³/mol. The van der Waals surface area contributed by atoms with Crippen LogP contribution >= 0.6 is 39.9 Å². The summed E-state index contributed by atoms with van der Waals surface area (Å²) < 4.78 is 0.933. The first-order chi connectivity index (χ1) is 8.08. The average molecular weight is 355 g/mol. The second-order valence-corrected chi connectivity index (χ2v) is 5.53. The number of halogens is 3. The van der Waals surface area contributed by atoms with Crippen LogP contribution in [0.4, 0.5) is 0 Å². The number of carboxylic acids is 1. The molecule has 0 saturated carbocycles. The highest BCUT2D eigenvalue weighted by molar-refractivity contribution is 9.10. The molecule has 0 unspecified atom stereocenters. The molecule has 0 aromatic heterocycles. The Balaban J connectivity index is 0.00000162. The van der Waals surface area contributed by atoms with Crippen molar-refractivity contribution in [3.63, 3.8) is 0 Å². The minimum absolute atomic E-state index is 0. The Kier molecular flexibility index (Phi) is 5.92. The molecule has 1 aliphatic rings. The third-order valence-electron chi connectivity index (χ3n) is 3.04. The molecule has 3 nitrogen and oxygen atoms in total. The molecule has 1 aliphatic heterocycles. The molecule has 1 aromatic carbocycles. The zero-order valence-corrected chi connectivity index (χ0v) is 12.8. The van der Waals surface area contributed by atoms with E-state index in [-0.39, 0.29) is 18.4 Å². The maximum atomic E-state index is 11.1. The number of aliphatic carboxylic acids is 1. The summed E-state index contributed by atoms with van der Waals surface area (Å²) >= 11 is 9.48. The van der Waals surface area contributed by atoms with Gasteiger partial charge in [-0.3, -0.25) is 9.69 Å². The van der Waals surface area contributed by atoms with Crippen LogP contribution < -0.4 is 0 Å². The molecule has 6 heteroatoms. The van der Waals surface area contributed by atoms with Crippen LogP contribution in [0.15, 0.2) is 22.7 Å². The topological polar surface area (TPSA) is 40.5 Å². The lowest BCUT2D eigenvalue weighted by Gasteiger charge is -2.21. The Morgan fingerprint density at radius 3 is 2.89 bits per heavy atom. The van der Waals surface area contributed by atoms with E-state index in [2.05, 4.69) is 15.9 Å². The van der Waals surface area contributed by atoms with Crippen molar-refractivity contribution >= 4 is 45.9 Å². The third-order valence-corrected chi connectivity index (χ3v) is 3.88. The van der Waals surface area contributed by atoms with Crippen LogP contribution in [0, 0.1) is 0 Å². The van der Waals surface area contributed by atoms with Crippen LogP contribution in [0.5, 0.6) is 0 Å². The molecular weight excluding hydrogens is 341 g/mol. The van der Waals surface area contributed by atoms with E-state index in [9.17, 15) is 4.79 Å². The van der Waals surface area contributed by atoms with Crippen molar-refractivity contribution in [2.75, 3.05) is 6.54 Å². The van der Waals surface area contributed by atoms with Gasteiger partial charge in [-0.25, -0.2) is 0 Å². The number of hydrogen-bond acceptors (Lipinski definition) is 2. The molecule has 0 bridgehead atoms. The number of hydrogen-bond donors (Lipinski definition) is 1. The molecule has 0 aliphatic carbocycles. The zero-order chi connectivity index (χ0) is 12.4. The molecule has 1 fully saturated rings. The number of rotatable bonds is 3. The maximum Gasteiger partial charge on any atom is 0.320 e. The van der Waals surface area contributed by atoms with Crippen LogP contribution in [0.2, 0.25) is 5.02 Å². The van der Waals surface area contributed by atoms with Crippen molar-refractivity contribution in [2.45, 2.75) is 25.4 Å². The van der Waals surface area contributed by atoms with E-state index < -0.39 is 5.97 Å². The first-order valence-electron chi connectivity index (χ1n) is 5.48. The van der Waals surface area contributed by atoms with Gasteiger partial charge in [0.25, 0.3) is 0 Å². The Morgan fingerprint density at radius 2 is 2.28 bits per heavy atom. The highest BCUT2D eigenvalue weighted by Crippen LogP contribution is 2.26. The zero-order valence-electron chi connectivity index (χ0n) is 9.60. The molecule has 1 heterocycles. The van der Waals surface area contributed by atoms with Gasteiger partial charge in [-0.15, -0.1) is 12.4 Å². The molecule has 0 spiro atoms. The minimum Gasteiger partial charge on any atom is -0.480 e. The maximum absolute atomic E-state index is 11.1. The molecule has 1 atom stereocenters. The van der Waals surface area contributed by atoms with Crippen LogP contribution in [0.25, 0.3) is 0 Å². The molecule has 2 rings (SSSR count). The Labute approximate surface area is 126 Å². The van der Waals surface area contributed by atoms with E-state index >= 15 is 0 Å². The Morgan fingerprint density at radius 1 is 1.56 bits per heavy atom. The number of likely N-dealkylation sites (tertiary alicyclic amines) is 1. The van der Waals surface area contributed by atoms with E-state index in [1.165, 1.54) is 0 Å². The largest absolute Gasteiger partial charge is 0.480 e. The van der Waals surface area contributed by atoms with E-state index in [1.807, 2.05) is 23.1 Å². The van der Waals surface area contributed by atoms with Gasteiger partial charge in [0.15, 0.2) is 0 Å². The van der Waals surface area contributed by atoms with Crippen LogP contribution in [0.3, 0.4) is 0 Å². The van der Waals surface area contributed by atoms with E-state index in [0.29, 0.717) is 11.6 Å². The third kappa shape index (κ3) is 3.60. The van der Waals surface area contributed by atoms with Crippen molar-refractivity contribution in [2.24, 2.45) is 0 Å². The summed E-state index contributed by atoms with van der Waals surface area (Å²) in [5, 5.41) is 9.77. The van der Waals surface area contributed by atoms with Crippen LogP contribution in [-0.2, 0) is 11.3 Å². The summed E-state index contributed by atoms with van der Waals surface area (Å²) in [6.07, 6.45) is 1.66.